The van der Waals surface area contributed by atoms with Crippen LogP contribution in [-0.4, -0.2) is 42.4 Å². The molecule has 0 spiro atoms. The van der Waals surface area contributed by atoms with Crippen LogP contribution < -0.4 is 5.32 Å². The van der Waals surface area contributed by atoms with Crippen molar-refractivity contribution in [3.8, 4) is 0 Å². The molecule has 1 unspecified atom stereocenters. The third-order valence-electron chi connectivity index (χ3n) is 3.67. The molecule has 1 rings (SSSR count). The van der Waals surface area contributed by atoms with Gasteiger partial charge < -0.3 is 15.0 Å². The summed E-state index contributed by atoms with van der Waals surface area (Å²) in [4.78, 5) is 36.8. The summed E-state index contributed by atoms with van der Waals surface area (Å²) in [7, 11) is 1.30. The minimum Gasteiger partial charge on any atom is -0.465 e. The number of ether oxygens (including phenoxy) is 1. The number of rotatable bonds is 7. The molecular weight excluding hydrogens is 296 g/mol. The molecule has 0 aliphatic rings. The Bertz CT molecular complexity index is 571. The van der Waals surface area contributed by atoms with Crippen LogP contribution in [0.1, 0.15) is 44.0 Å². The molecule has 0 heterocycles. The van der Waals surface area contributed by atoms with Gasteiger partial charge in [-0.15, -0.1) is 0 Å². The van der Waals surface area contributed by atoms with Crippen molar-refractivity contribution < 1.29 is 19.1 Å². The number of amides is 2. The first-order chi connectivity index (χ1) is 10.9. The van der Waals surface area contributed by atoms with Crippen molar-refractivity contribution in [3.63, 3.8) is 0 Å². The number of hydrogen-bond acceptors (Lipinski definition) is 4. The third kappa shape index (κ3) is 5.73. The first-order valence-corrected chi connectivity index (χ1v) is 7.64. The molecule has 126 valence electrons. The lowest BCUT2D eigenvalue weighted by Gasteiger charge is -2.27. The second-order valence-corrected chi connectivity index (χ2v) is 5.34. The molecule has 0 bridgehead atoms. The molecule has 6 heteroatoms. The lowest BCUT2D eigenvalue weighted by molar-refractivity contribution is -0.131. The molecule has 1 atom stereocenters. The number of esters is 1. The van der Waals surface area contributed by atoms with Gasteiger partial charge in [0.15, 0.2) is 0 Å². The molecule has 0 saturated heterocycles. The molecule has 1 aromatic rings. The fourth-order valence-electron chi connectivity index (χ4n) is 2.20. The number of nitrogens with one attached hydrogen (secondary N) is 1. The van der Waals surface area contributed by atoms with Gasteiger partial charge in [-0.05, 0) is 31.5 Å². The number of hydrogen-bond donors (Lipinski definition) is 1. The molecule has 6 nitrogen and oxygen atoms in total. The summed E-state index contributed by atoms with van der Waals surface area (Å²) in [5.74, 6) is -0.706. The largest absolute Gasteiger partial charge is 0.465 e. The Labute approximate surface area is 136 Å². The van der Waals surface area contributed by atoms with E-state index in [1.165, 1.54) is 14.0 Å². The SMILES string of the molecule is CCC(C)N(CCC(=O)Nc1cccc(C(=O)OC)c1)C(C)=O. The highest BCUT2D eigenvalue weighted by Gasteiger charge is 2.16. The molecule has 0 aliphatic heterocycles. The summed E-state index contributed by atoms with van der Waals surface area (Å²) >= 11 is 0. The van der Waals surface area contributed by atoms with E-state index in [0.717, 1.165) is 6.42 Å². The maximum absolute atomic E-state index is 12.0. The van der Waals surface area contributed by atoms with Gasteiger partial charge in [0.2, 0.25) is 11.8 Å². The summed E-state index contributed by atoms with van der Waals surface area (Å²) in [6.07, 6.45) is 1.04. The zero-order chi connectivity index (χ0) is 17.4. The summed E-state index contributed by atoms with van der Waals surface area (Å²) in [6.45, 7) is 5.83. The lowest BCUT2D eigenvalue weighted by Crippen LogP contribution is -2.38. The number of methoxy groups -OCH3 is 1. The fraction of sp³-hybridized carbons (Fsp3) is 0.471. The summed E-state index contributed by atoms with van der Waals surface area (Å²) in [5, 5.41) is 2.73. The minimum atomic E-state index is -0.458. The molecule has 23 heavy (non-hydrogen) atoms. The van der Waals surface area contributed by atoms with Crippen LogP contribution in [0.15, 0.2) is 24.3 Å². The second kappa shape index (κ2) is 8.92. The van der Waals surface area contributed by atoms with Crippen LogP contribution in [0, 0.1) is 0 Å². The molecule has 0 saturated carbocycles. The van der Waals surface area contributed by atoms with Crippen molar-refractivity contribution in [1.29, 1.82) is 0 Å². The number of carbonyl (C=O) groups is 3. The maximum Gasteiger partial charge on any atom is 0.337 e. The Balaban J connectivity index is 2.63. The Morgan fingerprint density at radius 2 is 2.00 bits per heavy atom. The molecule has 1 aromatic carbocycles. The van der Waals surface area contributed by atoms with E-state index in [0.29, 0.717) is 17.8 Å². The average molecular weight is 320 g/mol. The maximum atomic E-state index is 12.0. The van der Waals surface area contributed by atoms with E-state index < -0.39 is 5.97 Å². The second-order valence-electron chi connectivity index (χ2n) is 5.34. The highest BCUT2D eigenvalue weighted by atomic mass is 16.5. The molecule has 0 fully saturated rings. The monoisotopic (exact) mass is 320 g/mol. The lowest BCUT2D eigenvalue weighted by atomic mass is 10.2. The molecular formula is C17H24N2O4. The van der Waals surface area contributed by atoms with Crippen molar-refractivity contribution >= 4 is 23.5 Å². The van der Waals surface area contributed by atoms with E-state index in [1.807, 2.05) is 13.8 Å². The third-order valence-corrected chi connectivity index (χ3v) is 3.67. The predicted octanol–water partition coefficient (Wildman–Crippen LogP) is 2.45. The normalized spacial score (nSPS) is 11.5. The van der Waals surface area contributed by atoms with E-state index in [9.17, 15) is 14.4 Å². The van der Waals surface area contributed by atoms with Crippen molar-refractivity contribution in [1.82, 2.24) is 4.90 Å². The van der Waals surface area contributed by atoms with Crippen LogP contribution in [0.4, 0.5) is 5.69 Å². The smallest absolute Gasteiger partial charge is 0.337 e. The summed E-state index contributed by atoms with van der Waals surface area (Å²) in [6, 6.07) is 6.64. The van der Waals surface area contributed by atoms with E-state index in [4.69, 9.17) is 0 Å². The van der Waals surface area contributed by atoms with Gasteiger partial charge in [-0.25, -0.2) is 4.79 Å². The van der Waals surface area contributed by atoms with Crippen molar-refractivity contribution in [2.24, 2.45) is 0 Å². The fourth-order valence-corrected chi connectivity index (χ4v) is 2.20. The van der Waals surface area contributed by atoms with Gasteiger partial charge in [-0.2, -0.15) is 0 Å². The predicted molar refractivity (Wildman–Crippen MR) is 88.2 cm³/mol. The van der Waals surface area contributed by atoms with Gasteiger partial charge in [0.25, 0.3) is 0 Å². The summed E-state index contributed by atoms with van der Waals surface area (Å²) in [5.41, 5.74) is 0.895. The van der Waals surface area contributed by atoms with Gasteiger partial charge in [0.1, 0.15) is 0 Å². The van der Waals surface area contributed by atoms with Crippen LogP contribution in [-0.2, 0) is 14.3 Å². The van der Waals surface area contributed by atoms with Crippen LogP contribution in [0.5, 0.6) is 0 Å². The van der Waals surface area contributed by atoms with Gasteiger partial charge in [0, 0.05) is 31.6 Å². The average Bonchev–Trinajstić information content (AvgIpc) is 2.53. The molecule has 0 aliphatic carbocycles. The highest BCUT2D eigenvalue weighted by molar-refractivity contribution is 5.94. The van der Waals surface area contributed by atoms with Crippen LogP contribution in [0.2, 0.25) is 0 Å². The van der Waals surface area contributed by atoms with E-state index >= 15 is 0 Å². The Hall–Kier alpha value is -2.37. The Morgan fingerprint density at radius 3 is 2.57 bits per heavy atom. The minimum absolute atomic E-state index is 0.0418. The number of benzene rings is 1. The standard InChI is InChI=1S/C17H24N2O4/c1-5-12(2)19(13(3)20)10-9-16(21)18-15-8-6-7-14(11-15)17(22)23-4/h6-8,11-12H,5,9-10H2,1-4H3,(H,18,21). The van der Waals surface area contributed by atoms with Crippen LogP contribution in [0.25, 0.3) is 0 Å². The van der Waals surface area contributed by atoms with Crippen LogP contribution in [0.3, 0.4) is 0 Å². The topological polar surface area (TPSA) is 75.7 Å². The van der Waals surface area contributed by atoms with Crippen molar-refractivity contribution in [2.45, 2.75) is 39.7 Å². The first kappa shape index (κ1) is 18.7. The number of nitrogens with zero attached hydrogens (tertiary/aromatic N) is 1. The molecule has 0 radical (unpaired) electrons. The Kier molecular flexibility index (Phi) is 7.25. The zero-order valence-corrected chi connectivity index (χ0v) is 14.1. The van der Waals surface area contributed by atoms with Gasteiger partial charge in [-0.1, -0.05) is 13.0 Å². The van der Waals surface area contributed by atoms with Crippen molar-refractivity contribution in [2.75, 3.05) is 19.0 Å². The summed E-state index contributed by atoms with van der Waals surface area (Å²) < 4.78 is 4.64. The molecule has 2 amide bonds. The number of anilines is 1. The molecule has 1 N–H and O–H groups in total. The van der Waals surface area contributed by atoms with E-state index in [-0.39, 0.29) is 24.3 Å². The van der Waals surface area contributed by atoms with Gasteiger partial charge in [0.05, 0.1) is 12.7 Å². The zero-order valence-electron chi connectivity index (χ0n) is 14.1. The Morgan fingerprint density at radius 1 is 1.30 bits per heavy atom. The van der Waals surface area contributed by atoms with E-state index in [1.54, 1.807) is 29.2 Å². The quantitative estimate of drug-likeness (QED) is 0.783. The van der Waals surface area contributed by atoms with Crippen molar-refractivity contribution in [3.05, 3.63) is 29.8 Å². The molecule has 0 aromatic heterocycles. The van der Waals surface area contributed by atoms with Gasteiger partial charge >= 0.3 is 5.97 Å². The first-order valence-electron chi connectivity index (χ1n) is 7.64. The highest BCUT2D eigenvalue weighted by Crippen LogP contribution is 2.12. The van der Waals surface area contributed by atoms with Gasteiger partial charge in [-0.3, -0.25) is 9.59 Å². The number of carbonyl (C=O) groups excluding carboxylic acids is 3. The van der Waals surface area contributed by atoms with Crippen LogP contribution >= 0.6 is 0 Å². The van der Waals surface area contributed by atoms with E-state index in [2.05, 4.69) is 10.1 Å².